The van der Waals surface area contributed by atoms with Gasteiger partial charge in [0.1, 0.15) is 11.5 Å². The predicted octanol–water partition coefficient (Wildman–Crippen LogP) is 3.14. The molecule has 0 fully saturated rings. The summed E-state index contributed by atoms with van der Waals surface area (Å²) in [5, 5.41) is 3.69. The van der Waals surface area contributed by atoms with Crippen LogP contribution in [0.2, 0.25) is 5.02 Å². The van der Waals surface area contributed by atoms with Crippen LogP contribution >= 0.6 is 11.6 Å². The van der Waals surface area contributed by atoms with Gasteiger partial charge in [-0.1, -0.05) is 11.6 Å². The highest BCUT2D eigenvalue weighted by molar-refractivity contribution is 6.30. The van der Waals surface area contributed by atoms with E-state index in [1.165, 1.54) is 6.20 Å². The second-order valence-electron chi connectivity index (χ2n) is 5.41. The van der Waals surface area contributed by atoms with E-state index in [1.807, 2.05) is 18.2 Å². The predicted molar refractivity (Wildman–Crippen MR) is 97.5 cm³/mol. The number of pyridine rings is 3. The molecule has 0 atom stereocenters. The fourth-order valence-electron chi connectivity index (χ4n) is 2.30. The molecule has 3 rings (SSSR count). The first-order chi connectivity index (χ1) is 12.1. The zero-order valence-electron chi connectivity index (χ0n) is 13.3. The number of hydrogen-bond donors (Lipinski definition) is 2. The number of rotatable bonds is 6. The van der Waals surface area contributed by atoms with Gasteiger partial charge in [0.05, 0.1) is 22.9 Å². The molecule has 0 unspecified atom stereocenters. The molecule has 3 heterocycles. The molecule has 0 spiro atoms. The first-order valence-corrected chi connectivity index (χ1v) is 8.02. The molecule has 6 nitrogen and oxygen atoms in total. The van der Waals surface area contributed by atoms with E-state index >= 15 is 0 Å². The van der Waals surface area contributed by atoms with Gasteiger partial charge in [-0.2, -0.15) is 0 Å². The van der Waals surface area contributed by atoms with Crippen molar-refractivity contribution in [1.82, 2.24) is 15.0 Å². The molecule has 0 saturated carbocycles. The summed E-state index contributed by atoms with van der Waals surface area (Å²) < 4.78 is 0. The first-order valence-electron chi connectivity index (χ1n) is 7.65. The molecule has 0 aliphatic heterocycles. The quantitative estimate of drug-likeness (QED) is 0.661. The number of hydrogen-bond acceptors (Lipinski definition) is 6. The molecule has 0 aliphatic carbocycles. The molecule has 3 N–H and O–H groups in total. The van der Waals surface area contributed by atoms with E-state index < -0.39 is 0 Å². The molecule has 0 aromatic carbocycles. The van der Waals surface area contributed by atoms with Crippen LogP contribution in [0.3, 0.4) is 0 Å². The lowest BCUT2D eigenvalue weighted by Gasteiger charge is -2.09. The molecular formula is C18H16ClN5O. The number of nitrogens with one attached hydrogen (secondary N) is 1. The minimum atomic E-state index is -0.0710. The Balaban J connectivity index is 1.66. The largest absolute Gasteiger partial charge is 0.382 e. The van der Waals surface area contributed by atoms with Gasteiger partial charge in [0.2, 0.25) is 0 Å². The maximum absolute atomic E-state index is 12.3. The summed E-state index contributed by atoms with van der Waals surface area (Å²) in [5.41, 5.74) is 8.61. The van der Waals surface area contributed by atoms with Crippen molar-refractivity contribution in [2.45, 2.75) is 13.0 Å². The zero-order chi connectivity index (χ0) is 17.6. The summed E-state index contributed by atoms with van der Waals surface area (Å²) in [7, 11) is 0. The van der Waals surface area contributed by atoms with Gasteiger partial charge in [0.15, 0.2) is 5.78 Å². The number of carbonyl (C=O) groups excluding carboxylic acids is 1. The van der Waals surface area contributed by atoms with Crippen molar-refractivity contribution >= 4 is 28.9 Å². The number of carbonyl (C=O) groups is 1. The summed E-state index contributed by atoms with van der Waals surface area (Å²) in [6.07, 6.45) is 5.03. The number of halogens is 1. The van der Waals surface area contributed by atoms with Crippen LogP contribution in [0.5, 0.6) is 0 Å². The molecule has 25 heavy (non-hydrogen) atoms. The van der Waals surface area contributed by atoms with Crippen molar-refractivity contribution in [1.29, 1.82) is 0 Å². The zero-order valence-corrected chi connectivity index (χ0v) is 14.1. The fourth-order valence-corrected chi connectivity index (χ4v) is 2.42. The molecule has 3 aromatic heterocycles. The standard InChI is InChI=1S/C18H16ClN5O/c19-13-3-4-15(23-10-13)17(25)9-12-5-7-21-14(8-12)11-24-16-2-1-6-22-18(16)20/h1-8,10,24H,9,11H2,(H2,20,22). The monoisotopic (exact) mass is 353 g/mol. The highest BCUT2D eigenvalue weighted by atomic mass is 35.5. The van der Waals surface area contributed by atoms with E-state index in [1.54, 1.807) is 30.6 Å². The van der Waals surface area contributed by atoms with Gasteiger partial charge < -0.3 is 11.1 Å². The van der Waals surface area contributed by atoms with Gasteiger partial charge in [-0.25, -0.2) is 4.98 Å². The van der Waals surface area contributed by atoms with Gasteiger partial charge >= 0.3 is 0 Å². The fraction of sp³-hybridized carbons (Fsp3) is 0.111. The van der Waals surface area contributed by atoms with Gasteiger partial charge in [-0.3, -0.25) is 14.8 Å². The third kappa shape index (κ3) is 4.51. The van der Waals surface area contributed by atoms with Gasteiger partial charge in [0, 0.05) is 25.0 Å². The second-order valence-corrected chi connectivity index (χ2v) is 5.84. The lowest BCUT2D eigenvalue weighted by atomic mass is 10.1. The minimum Gasteiger partial charge on any atom is -0.382 e. The van der Waals surface area contributed by atoms with Crippen LogP contribution in [-0.4, -0.2) is 20.7 Å². The van der Waals surface area contributed by atoms with E-state index in [9.17, 15) is 4.79 Å². The van der Waals surface area contributed by atoms with E-state index in [0.29, 0.717) is 23.1 Å². The molecule has 3 aromatic rings. The Kier molecular flexibility index (Phi) is 5.20. The summed E-state index contributed by atoms with van der Waals surface area (Å²) in [6.45, 7) is 0.483. The van der Waals surface area contributed by atoms with Gasteiger partial charge in [-0.05, 0) is 42.0 Å². The number of Topliss-reactive ketones (excluding diaryl/α,β-unsaturated/α-hetero) is 1. The van der Waals surface area contributed by atoms with Crippen molar-refractivity contribution in [2.75, 3.05) is 11.1 Å². The Morgan fingerprint density at radius 1 is 1.12 bits per heavy atom. The van der Waals surface area contributed by atoms with Crippen molar-refractivity contribution < 1.29 is 4.79 Å². The average Bonchev–Trinajstić information content (AvgIpc) is 2.62. The normalized spacial score (nSPS) is 10.4. The van der Waals surface area contributed by atoms with E-state index in [-0.39, 0.29) is 12.2 Å². The topological polar surface area (TPSA) is 93.8 Å². The highest BCUT2D eigenvalue weighted by Gasteiger charge is 2.09. The van der Waals surface area contributed by atoms with Crippen LogP contribution in [0, 0.1) is 0 Å². The van der Waals surface area contributed by atoms with Crippen LogP contribution < -0.4 is 11.1 Å². The Hall–Kier alpha value is -2.99. The molecule has 0 amide bonds. The average molecular weight is 354 g/mol. The lowest BCUT2D eigenvalue weighted by molar-refractivity contribution is 0.0988. The maximum Gasteiger partial charge on any atom is 0.185 e. The van der Waals surface area contributed by atoms with Crippen molar-refractivity contribution in [3.05, 3.63) is 77.0 Å². The van der Waals surface area contributed by atoms with E-state index in [4.69, 9.17) is 17.3 Å². The van der Waals surface area contributed by atoms with Crippen LogP contribution in [0.25, 0.3) is 0 Å². The highest BCUT2D eigenvalue weighted by Crippen LogP contribution is 2.15. The summed E-state index contributed by atoms with van der Waals surface area (Å²) in [6, 6.07) is 10.6. The Labute approximate surface area is 150 Å². The first kappa shape index (κ1) is 16.9. The van der Waals surface area contributed by atoms with Crippen LogP contribution in [0.4, 0.5) is 11.5 Å². The lowest BCUT2D eigenvalue weighted by Crippen LogP contribution is -2.08. The maximum atomic E-state index is 12.3. The molecule has 0 aliphatic rings. The third-order valence-electron chi connectivity index (χ3n) is 3.56. The second kappa shape index (κ2) is 7.72. The third-order valence-corrected chi connectivity index (χ3v) is 3.78. The summed E-state index contributed by atoms with van der Waals surface area (Å²) >= 11 is 5.79. The van der Waals surface area contributed by atoms with Crippen LogP contribution in [0.1, 0.15) is 21.7 Å². The Morgan fingerprint density at radius 2 is 2.00 bits per heavy atom. The van der Waals surface area contributed by atoms with E-state index in [2.05, 4.69) is 20.3 Å². The summed E-state index contributed by atoms with van der Waals surface area (Å²) in [4.78, 5) is 24.7. The molecule has 0 saturated heterocycles. The molecular weight excluding hydrogens is 338 g/mol. The number of anilines is 2. The smallest absolute Gasteiger partial charge is 0.185 e. The Morgan fingerprint density at radius 3 is 2.76 bits per heavy atom. The molecule has 0 bridgehead atoms. The van der Waals surface area contributed by atoms with Crippen LogP contribution in [-0.2, 0) is 13.0 Å². The molecule has 126 valence electrons. The number of nitrogens with zero attached hydrogens (tertiary/aromatic N) is 3. The van der Waals surface area contributed by atoms with E-state index in [0.717, 1.165) is 16.9 Å². The Bertz CT molecular complexity index is 883. The SMILES string of the molecule is Nc1ncccc1NCc1cc(CC(=O)c2ccc(Cl)cn2)ccn1. The molecule has 0 radical (unpaired) electrons. The minimum absolute atomic E-state index is 0.0710. The van der Waals surface area contributed by atoms with Gasteiger partial charge in [0.25, 0.3) is 0 Å². The van der Waals surface area contributed by atoms with Crippen LogP contribution in [0.15, 0.2) is 55.0 Å². The molecule has 7 heteroatoms. The number of nitrogen functional groups attached to an aromatic ring is 1. The van der Waals surface area contributed by atoms with Crippen molar-refractivity contribution in [3.8, 4) is 0 Å². The summed E-state index contributed by atoms with van der Waals surface area (Å²) in [5.74, 6) is 0.362. The van der Waals surface area contributed by atoms with Crippen molar-refractivity contribution in [2.24, 2.45) is 0 Å². The van der Waals surface area contributed by atoms with Crippen molar-refractivity contribution in [3.63, 3.8) is 0 Å². The number of ketones is 1. The number of aromatic nitrogens is 3. The number of nitrogens with two attached hydrogens (primary N) is 1. The van der Waals surface area contributed by atoms with Gasteiger partial charge in [-0.15, -0.1) is 0 Å².